The lowest BCUT2D eigenvalue weighted by molar-refractivity contribution is -0.119. The Morgan fingerprint density at radius 1 is 1.18 bits per heavy atom. The Labute approximate surface area is 130 Å². The van der Waals surface area contributed by atoms with E-state index in [4.69, 9.17) is 19.9 Å². The van der Waals surface area contributed by atoms with Crippen LogP contribution in [0.5, 0.6) is 17.2 Å². The predicted molar refractivity (Wildman–Crippen MR) is 84.3 cm³/mol. The monoisotopic (exact) mass is 306 g/mol. The Morgan fingerprint density at radius 2 is 1.82 bits per heavy atom. The molecule has 2 N–H and O–H groups in total. The fourth-order valence-corrected chi connectivity index (χ4v) is 2.62. The Balaban J connectivity index is 2.32. The number of hydrogen-bond donors (Lipinski definition) is 1. The number of benzene rings is 1. The van der Waals surface area contributed by atoms with E-state index in [1.54, 1.807) is 21.3 Å². The number of methoxy groups -OCH3 is 3. The lowest BCUT2D eigenvalue weighted by Crippen LogP contribution is -2.36. The normalized spacial score (nSPS) is 15.1. The van der Waals surface area contributed by atoms with Crippen LogP contribution in [-0.4, -0.2) is 51.8 Å². The highest BCUT2D eigenvalue weighted by molar-refractivity contribution is 5.78. The molecule has 0 saturated heterocycles. The van der Waals surface area contributed by atoms with Crippen molar-refractivity contribution in [2.24, 2.45) is 5.73 Å². The fourth-order valence-electron chi connectivity index (χ4n) is 2.62. The van der Waals surface area contributed by atoms with Gasteiger partial charge in [-0.1, -0.05) is 6.08 Å². The fraction of sp³-hybridized carbons (Fsp3) is 0.438. The van der Waals surface area contributed by atoms with Crippen molar-refractivity contribution in [3.8, 4) is 17.2 Å². The Hall–Kier alpha value is -2.21. The van der Waals surface area contributed by atoms with Gasteiger partial charge in [0, 0.05) is 25.2 Å². The molecule has 1 heterocycles. The van der Waals surface area contributed by atoms with Gasteiger partial charge in [0.2, 0.25) is 5.91 Å². The molecule has 6 nitrogen and oxygen atoms in total. The first-order chi connectivity index (χ1) is 10.6. The molecule has 2 rings (SSSR count). The first-order valence-corrected chi connectivity index (χ1v) is 7.09. The summed E-state index contributed by atoms with van der Waals surface area (Å²) in [6.45, 7) is 1.73. The van der Waals surface area contributed by atoms with Crippen LogP contribution in [-0.2, 0) is 4.79 Å². The molecule has 0 aliphatic carbocycles. The summed E-state index contributed by atoms with van der Waals surface area (Å²) in [5.74, 6) is 1.80. The highest BCUT2D eigenvalue weighted by Crippen LogP contribution is 2.40. The Bertz CT molecular complexity index is 559. The molecule has 0 bridgehead atoms. The second-order valence-electron chi connectivity index (χ2n) is 5.09. The van der Waals surface area contributed by atoms with Crippen molar-refractivity contribution in [3.05, 3.63) is 23.8 Å². The molecule has 120 valence electrons. The van der Waals surface area contributed by atoms with E-state index in [9.17, 15) is 4.79 Å². The lowest BCUT2D eigenvalue weighted by Gasteiger charge is -2.26. The molecule has 1 amide bonds. The van der Waals surface area contributed by atoms with Gasteiger partial charge in [-0.3, -0.25) is 9.69 Å². The number of carbonyl (C=O) groups is 1. The molecule has 0 atom stereocenters. The molecule has 0 fully saturated rings. The summed E-state index contributed by atoms with van der Waals surface area (Å²) >= 11 is 0. The zero-order chi connectivity index (χ0) is 16.1. The van der Waals surface area contributed by atoms with Crippen LogP contribution < -0.4 is 19.9 Å². The summed E-state index contributed by atoms with van der Waals surface area (Å²) in [4.78, 5) is 13.0. The average Bonchev–Trinajstić information content (AvgIpc) is 2.53. The third-order valence-electron chi connectivity index (χ3n) is 3.71. The number of carbonyl (C=O) groups excluding carboxylic acids is 1. The van der Waals surface area contributed by atoms with Crippen LogP contribution in [0, 0.1) is 0 Å². The van der Waals surface area contributed by atoms with Crippen molar-refractivity contribution in [1.82, 2.24) is 4.90 Å². The van der Waals surface area contributed by atoms with E-state index in [-0.39, 0.29) is 12.5 Å². The minimum absolute atomic E-state index is 0.278. The molecule has 22 heavy (non-hydrogen) atoms. The number of hydrogen-bond acceptors (Lipinski definition) is 5. The minimum atomic E-state index is -0.309. The van der Waals surface area contributed by atoms with Crippen LogP contribution in [0.2, 0.25) is 0 Å². The van der Waals surface area contributed by atoms with E-state index < -0.39 is 0 Å². The quantitative estimate of drug-likeness (QED) is 0.857. The van der Waals surface area contributed by atoms with E-state index in [1.807, 2.05) is 17.0 Å². The summed E-state index contributed by atoms with van der Waals surface area (Å²) < 4.78 is 16.2. The molecule has 1 aliphatic heterocycles. The second kappa shape index (κ2) is 7.17. The highest BCUT2D eigenvalue weighted by Gasteiger charge is 2.21. The molecule has 1 aromatic rings. The largest absolute Gasteiger partial charge is 0.496 e. The van der Waals surface area contributed by atoms with Crippen molar-refractivity contribution in [2.45, 2.75) is 6.42 Å². The maximum absolute atomic E-state index is 11.0. The Kier molecular flexibility index (Phi) is 5.27. The number of rotatable bonds is 6. The zero-order valence-electron chi connectivity index (χ0n) is 13.2. The van der Waals surface area contributed by atoms with E-state index >= 15 is 0 Å². The number of primary amides is 1. The molecular formula is C16H22N2O4. The van der Waals surface area contributed by atoms with E-state index in [2.05, 4.69) is 6.08 Å². The first-order valence-electron chi connectivity index (χ1n) is 7.09. The van der Waals surface area contributed by atoms with Crippen LogP contribution in [0.15, 0.2) is 18.2 Å². The van der Waals surface area contributed by atoms with Gasteiger partial charge in [0.05, 0.1) is 33.4 Å². The average molecular weight is 306 g/mol. The summed E-state index contributed by atoms with van der Waals surface area (Å²) in [5.41, 5.74) is 7.31. The van der Waals surface area contributed by atoms with Gasteiger partial charge in [-0.15, -0.1) is 0 Å². The summed E-state index contributed by atoms with van der Waals surface area (Å²) in [7, 11) is 4.86. The topological polar surface area (TPSA) is 74.0 Å². The zero-order valence-corrected chi connectivity index (χ0v) is 13.2. The van der Waals surface area contributed by atoms with Crippen molar-refractivity contribution < 1.29 is 19.0 Å². The highest BCUT2D eigenvalue weighted by atomic mass is 16.5. The predicted octanol–water partition coefficient (Wildman–Crippen LogP) is 1.29. The van der Waals surface area contributed by atoms with Crippen LogP contribution >= 0.6 is 0 Å². The van der Waals surface area contributed by atoms with E-state index in [0.717, 1.165) is 24.1 Å². The van der Waals surface area contributed by atoms with E-state index in [0.29, 0.717) is 23.8 Å². The van der Waals surface area contributed by atoms with Gasteiger partial charge in [0.15, 0.2) is 0 Å². The van der Waals surface area contributed by atoms with Crippen LogP contribution in [0.25, 0.3) is 5.57 Å². The third-order valence-corrected chi connectivity index (χ3v) is 3.71. The molecule has 1 aromatic carbocycles. The van der Waals surface area contributed by atoms with Crippen LogP contribution in [0.1, 0.15) is 12.0 Å². The van der Waals surface area contributed by atoms with Gasteiger partial charge in [-0.2, -0.15) is 0 Å². The number of nitrogens with zero attached hydrogens (tertiary/aromatic N) is 1. The molecule has 0 spiro atoms. The molecule has 0 saturated carbocycles. The van der Waals surface area contributed by atoms with Gasteiger partial charge in [0.1, 0.15) is 17.2 Å². The maximum atomic E-state index is 11.0. The smallest absolute Gasteiger partial charge is 0.231 e. The second-order valence-corrected chi connectivity index (χ2v) is 5.09. The summed E-state index contributed by atoms with van der Waals surface area (Å²) in [5, 5.41) is 0. The molecule has 6 heteroatoms. The van der Waals surface area contributed by atoms with Crippen molar-refractivity contribution >= 4 is 11.5 Å². The van der Waals surface area contributed by atoms with Gasteiger partial charge in [0.25, 0.3) is 0 Å². The van der Waals surface area contributed by atoms with Gasteiger partial charge in [-0.25, -0.2) is 0 Å². The third kappa shape index (κ3) is 3.51. The van der Waals surface area contributed by atoms with Crippen LogP contribution in [0.4, 0.5) is 0 Å². The summed E-state index contributed by atoms with van der Waals surface area (Å²) in [6.07, 6.45) is 2.88. The standard InChI is InChI=1S/C16H22N2O4/c1-20-12-8-13(21-2)16(14(9-12)22-3)11-4-6-18(7-5-11)10-15(17)19/h4,8-9H,5-7,10H2,1-3H3,(H2,17,19). The first kappa shape index (κ1) is 16.2. The molecular weight excluding hydrogens is 284 g/mol. The lowest BCUT2D eigenvalue weighted by atomic mass is 9.97. The minimum Gasteiger partial charge on any atom is -0.496 e. The number of amides is 1. The SMILES string of the molecule is COc1cc(OC)c(C2=CCN(CC(N)=O)CC2)c(OC)c1. The molecule has 0 aromatic heterocycles. The number of nitrogens with two attached hydrogens (primary N) is 1. The molecule has 1 aliphatic rings. The maximum Gasteiger partial charge on any atom is 0.231 e. The van der Waals surface area contributed by atoms with Gasteiger partial charge < -0.3 is 19.9 Å². The summed E-state index contributed by atoms with van der Waals surface area (Å²) in [6, 6.07) is 3.68. The van der Waals surface area contributed by atoms with Crippen molar-refractivity contribution in [2.75, 3.05) is 41.0 Å². The Morgan fingerprint density at radius 3 is 2.23 bits per heavy atom. The van der Waals surface area contributed by atoms with Crippen molar-refractivity contribution in [3.63, 3.8) is 0 Å². The van der Waals surface area contributed by atoms with Gasteiger partial charge in [-0.05, 0) is 12.0 Å². The van der Waals surface area contributed by atoms with Crippen LogP contribution in [0.3, 0.4) is 0 Å². The van der Waals surface area contributed by atoms with E-state index in [1.165, 1.54) is 0 Å². The molecule has 0 radical (unpaired) electrons. The number of ether oxygens (including phenoxy) is 3. The van der Waals surface area contributed by atoms with Crippen molar-refractivity contribution in [1.29, 1.82) is 0 Å². The molecule has 0 unspecified atom stereocenters. The van der Waals surface area contributed by atoms with Gasteiger partial charge >= 0.3 is 0 Å².